The number of benzene rings is 3. The fourth-order valence-electron chi connectivity index (χ4n) is 3.21. The first-order valence-corrected chi connectivity index (χ1v) is 10.9. The fraction of sp³-hybridized carbons (Fsp3) is 0.174. The lowest BCUT2D eigenvalue weighted by Gasteiger charge is -2.23. The largest absolute Gasteiger partial charge is 0.458 e. The monoisotopic (exact) mass is 378 g/mol. The van der Waals surface area contributed by atoms with Gasteiger partial charge in [-0.2, -0.15) is 0 Å². The zero-order valence-electron chi connectivity index (χ0n) is 15.3. The summed E-state index contributed by atoms with van der Waals surface area (Å²) in [6, 6.07) is 28.8. The zero-order chi connectivity index (χ0) is 19.1. The standard InChI is InChI=1S/C23H23O3P/c1-19(24)26-23(20-11-5-2-6-12-20)17-18-27(25,21-13-7-3-8-14-21)22-15-9-4-10-16-22/h2-16,23H,17-18H2,1H3. The summed E-state index contributed by atoms with van der Waals surface area (Å²) in [7, 11) is -2.83. The van der Waals surface area contributed by atoms with E-state index in [1.807, 2.05) is 91.0 Å². The van der Waals surface area contributed by atoms with Crippen molar-refractivity contribution in [2.24, 2.45) is 0 Å². The predicted molar refractivity (Wildman–Crippen MR) is 110 cm³/mol. The quantitative estimate of drug-likeness (QED) is 0.442. The minimum atomic E-state index is -2.83. The minimum absolute atomic E-state index is 0.335. The molecule has 0 saturated heterocycles. The molecule has 0 fully saturated rings. The van der Waals surface area contributed by atoms with E-state index >= 15 is 0 Å². The molecule has 0 amide bonds. The van der Waals surface area contributed by atoms with Crippen molar-refractivity contribution in [1.29, 1.82) is 0 Å². The molecule has 1 atom stereocenters. The summed E-state index contributed by atoms with van der Waals surface area (Å²) in [5.41, 5.74) is 0.917. The molecular weight excluding hydrogens is 355 g/mol. The Kier molecular flexibility index (Phi) is 6.26. The van der Waals surface area contributed by atoms with Crippen LogP contribution in [0.25, 0.3) is 0 Å². The Balaban J connectivity index is 1.92. The second-order valence-corrected chi connectivity index (χ2v) is 9.39. The molecule has 4 heteroatoms. The van der Waals surface area contributed by atoms with Crippen LogP contribution in [-0.4, -0.2) is 12.1 Å². The molecule has 27 heavy (non-hydrogen) atoms. The van der Waals surface area contributed by atoms with Crippen LogP contribution in [0.4, 0.5) is 0 Å². The average Bonchev–Trinajstić information content (AvgIpc) is 2.72. The second kappa shape index (κ2) is 8.83. The first kappa shape index (κ1) is 19.1. The van der Waals surface area contributed by atoms with Crippen molar-refractivity contribution in [2.75, 3.05) is 6.16 Å². The van der Waals surface area contributed by atoms with E-state index in [1.54, 1.807) is 0 Å². The molecule has 0 radical (unpaired) electrons. The van der Waals surface area contributed by atoms with Crippen molar-refractivity contribution in [1.82, 2.24) is 0 Å². The third kappa shape index (κ3) is 4.75. The molecule has 3 nitrogen and oxygen atoms in total. The Morgan fingerprint density at radius 1 is 0.815 bits per heavy atom. The Labute approximate surface area is 160 Å². The van der Waals surface area contributed by atoms with Crippen molar-refractivity contribution in [3.05, 3.63) is 96.6 Å². The zero-order valence-corrected chi connectivity index (χ0v) is 16.2. The van der Waals surface area contributed by atoms with E-state index in [2.05, 4.69) is 0 Å². The van der Waals surface area contributed by atoms with Crippen molar-refractivity contribution in [3.8, 4) is 0 Å². The number of carbonyl (C=O) groups excluding carboxylic acids is 1. The molecule has 0 aliphatic carbocycles. The Hall–Kier alpha value is -2.64. The Bertz CT molecular complexity index is 865. The maximum absolute atomic E-state index is 14.1. The molecule has 0 aliphatic rings. The molecule has 0 bridgehead atoms. The number of carbonyl (C=O) groups is 1. The molecular formula is C23H23O3P. The summed E-state index contributed by atoms with van der Waals surface area (Å²) in [5.74, 6) is -0.335. The van der Waals surface area contributed by atoms with Crippen LogP contribution in [0.3, 0.4) is 0 Å². The maximum Gasteiger partial charge on any atom is 0.303 e. The van der Waals surface area contributed by atoms with Crippen LogP contribution in [0.1, 0.15) is 25.0 Å². The second-order valence-electron chi connectivity index (χ2n) is 6.43. The van der Waals surface area contributed by atoms with Crippen LogP contribution in [0, 0.1) is 0 Å². The normalized spacial score (nSPS) is 12.3. The van der Waals surface area contributed by atoms with Crippen molar-refractivity contribution in [3.63, 3.8) is 0 Å². The maximum atomic E-state index is 14.1. The van der Waals surface area contributed by atoms with E-state index in [9.17, 15) is 9.36 Å². The molecule has 3 aromatic carbocycles. The molecule has 1 unspecified atom stereocenters. The highest BCUT2D eigenvalue weighted by atomic mass is 31.2. The molecule has 0 aromatic heterocycles. The summed E-state index contributed by atoms with van der Waals surface area (Å²) in [6.07, 6.45) is 0.503. The van der Waals surface area contributed by atoms with Gasteiger partial charge in [0.1, 0.15) is 13.2 Å². The van der Waals surface area contributed by atoms with Gasteiger partial charge in [0.05, 0.1) is 0 Å². The summed E-state index contributed by atoms with van der Waals surface area (Å²) in [4.78, 5) is 11.6. The van der Waals surface area contributed by atoms with Gasteiger partial charge in [-0.3, -0.25) is 4.79 Å². The molecule has 0 aliphatic heterocycles. The number of ether oxygens (including phenoxy) is 1. The smallest absolute Gasteiger partial charge is 0.303 e. The molecule has 0 heterocycles. The highest BCUT2D eigenvalue weighted by Crippen LogP contribution is 2.45. The van der Waals surface area contributed by atoms with Crippen molar-refractivity contribution in [2.45, 2.75) is 19.4 Å². The lowest BCUT2D eigenvalue weighted by atomic mass is 10.1. The van der Waals surface area contributed by atoms with Crippen molar-refractivity contribution < 1.29 is 14.1 Å². The lowest BCUT2D eigenvalue weighted by Crippen LogP contribution is -2.20. The van der Waals surface area contributed by atoms with Crippen LogP contribution < -0.4 is 10.6 Å². The minimum Gasteiger partial charge on any atom is -0.458 e. The van der Waals surface area contributed by atoms with E-state index in [0.717, 1.165) is 16.2 Å². The molecule has 138 valence electrons. The number of hydrogen-bond acceptors (Lipinski definition) is 3. The number of hydrogen-bond donors (Lipinski definition) is 0. The van der Waals surface area contributed by atoms with Crippen molar-refractivity contribution >= 4 is 23.7 Å². The van der Waals surface area contributed by atoms with E-state index in [4.69, 9.17) is 4.74 Å². The van der Waals surface area contributed by atoms with Crippen LogP contribution in [0.15, 0.2) is 91.0 Å². The number of esters is 1. The topological polar surface area (TPSA) is 43.4 Å². The average molecular weight is 378 g/mol. The first-order chi connectivity index (χ1) is 13.1. The van der Waals surface area contributed by atoms with Crippen LogP contribution in [0.2, 0.25) is 0 Å². The van der Waals surface area contributed by atoms with Gasteiger partial charge in [0.25, 0.3) is 0 Å². The summed E-state index contributed by atoms with van der Waals surface area (Å²) in [6.45, 7) is 1.41. The SMILES string of the molecule is CC(=O)OC(CCP(=O)(c1ccccc1)c1ccccc1)c1ccccc1. The summed E-state index contributed by atoms with van der Waals surface area (Å²) < 4.78 is 19.6. The van der Waals surface area contributed by atoms with Gasteiger partial charge in [-0.15, -0.1) is 0 Å². The van der Waals surface area contributed by atoms with Crippen LogP contribution in [-0.2, 0) is 14.1 Å². The molecule has 0 N–H and O–H groups in total. The molecule has 0 spiro atoms. The summed E-state index contributed by atoms with van der Waals surface area (Å²) >= 11 is 0. The Morgan fingerprint density at radius 2 is 1.26 bits per heavy atom. The van der Waals surface area contributed by atoms with Gasteiger partial charge in [0.2, 0.25) is 0 Å². The van der Waals surface area contributed by atoms with Gasteiger partial charge >= 0.3 is 5.97 Å². The third-order valence-corrected chi connectivity index (χ3v) is 7.68. The number of rotatable bonds is 7. The third-order valence-electron chi connectivity index (χ3n) is 4.53. The van der Waals surface area contributed by atoms with Gasteiger partial charge in [0, 0.05) is 23.7 Å². The molecule has 0 saturated carbocycles. The Morgan fingerprint density at radius 3 is 1.70 bits per heavy atom. The molecule has 3 rings (SSSR count). The van der Waals surface area contributed by atoms with Gasteiger partial charge < -0.3 is 9.30 Å². The fourth-order valence-corrected chi connectivity index (χ4v) is 5.93. The molecule has 3 aromatic rings. The van der Waals surface area contributed by atoms with Crippen LogP contribution in [0.5, 0.6) is 0 Å². The van der Waals surface area contributed by atoms with E-state index in [0.29, 0.717) is 12.6 Å². The van der Waals surface area contributed by atoms with E-state index < -0.39 is 13.2 Å². The first-order valence-electron chi connectivity index (χ1n) is 9.02. The van der Waals surface area contributed by atoms with Gasteiger partial charge in [-0.25, -0.2) is 0 Å². The van der Waals surface area contributed by atoms with E-state index in [1.165, 1.54) is 6.92 Å². The van der Waals surface area contributed by atoms with E-state index in [-0.39, 0.29) is 5.97 Å². The van der Waals surface area contributed by atoms with Crippen LogP contribution >= 0.6 is 7.14 Å². The predicted octanol–water partition coefficient (Wildman–Crippen LogP) is 4.70. The highest BCUT2D eigenvalue weighted by Gasteiger charge is 2.29. The van der Waals surface area contributed by atoms with Gasteiger partial charge in [-0.1, -0.05) is 91.0 Å². The van der Waals surface area contributed by atoms with Gasteiger partial charge in [-0.05, 0) is 12.0 Å². The lowest BCUT2D eigenvalue weighted by molar-refractivity contribution is -0.146. The highest BCUT2D eigenvalue weighted by molar-refractivity contribution is 7.78. The van der Waals surface area contributed by atoms with Gasteiger partial charge in [0.15, 0.2) is 0 Å². The summed E-state index contributed by atoms with van der Waals surface area (Å²) in [5, 5.41) is 1.65.